The molecular weight excluding hydrogens is 707 g/mol. The average molecular weight is 759 g/mol. The fourth-order valence-electron chi connectivity index (χ4n) is 5.64. The normalized spacial score (nSPS) is 9.55. The van der Waals surface area contributed by atoms with Crippen LogP contribution >= 0.6 is 24.8 Å². The molecule has 6 aromatic rings. The van der Waals surface area contributed by atoms with Crippen LogP contribution in [0.25, 0.3) is 43.8 Å². The molecule has 0 amide bonds. The zero-order valence-corrected chi connectivity index (χ0v) is 34.7. The van der Waals surface area contributed by atoms with Crippen molar-refractivity contribution in [3.63, 3.8) is 0 Å². The molecule has 0 aliphatic carbocycles. The predicted octanol–water partition coefficient (Wildman–Crippen LogP) is 13.2. The minimum atomic E-state index is 0. The van der Waals surface area contributed by atoms with Gasteiger partial charge in [-0.05, 0) is 41.5 Å². The van der Waals surface area contributed by atoms with Gasteiger partial charge in [-0.2, -0.15) is 26.0 Å². The number of halogens is 2. The summed E-state index contributed by atoms with van der Waals surface area (Å²) >= 11 is 1.36. The van der Waals surface area contributed by atoms with Crippen LogP contribution < -0.4 is 0 Å². The summed E-state index contributed by atoms with van der Waals surface area (Å²) in [6, 6.07) is 36.2. The van der Waals surface area contributed by atoms with E-state index in [0.717, 1.165) is 19.3 Å². The molecule has 6 aromatic carbocycles. The van der Waals surface area contributed by atoms with Gasteiger partial charge in [0.2, 0.25) is 0 Å². The summed E-state index contributed by atoms with van der Waals surface area (Å²) in [6.45, 7) is 26.2. The van der Waals surface area contributed by atoms with Gasteiger partial charge in [-0.15, -0.1) is 92.9 Å². The van der Waals surface area contributed by atoms with E-state index in [4.69, 9.17) is 0 Å². The zero-order valence-electron chi connectivity index (χ0n) is 29.6. The van der Waals surface area contributed by atoms with Gasteiger partial charge in [0.05, 0.1) is 0 Å². The van der Waals surface area contributed by atoms with E-state index in [0.29, 0.717) is 0 Å². The first-order chi connectivity index (χ1) is 21.9. The van der Waals surface area contributed by atoms with Crippen molar-refractivity contribution in [1.82, 2.24) is 0 Å². The molecule has 0 fully saturated rings. The van der Waals surface area contributed by atoms with E-state index in [-0.39, 0.29) is 24.8 Å². The number of hydrogen-bond donors (Lipinski definition) is 0. The molecular formula is C43H52Cl2SiZr-4. The Bertz CT molecular complexity index is 1740. The Hall–Kier alpha value is -2.22. The molecule has 0 heterocycles. The fraction of sp³-hybridized carbons (Fsp3) is 0.256. The summed E-state index contributed by atoms with van der Waals surface area (Å²) in [5.74, 6) is 0. The van der Waals surface area contributed by atoms with E-state index in [9.17, 15) is 0 Å². The third-order valence-corrected chi connectivity index (χ3v) is 8.17. The molecule has 0 aliphatic heterocycles. The van der Waals surface area contributed by atoms with E-state index < -0.39 is 0 Å². The third kappa shape index (κ3) is 11.4. The minimum absolute atomic E-state index is 0. The number of benzene rings is 4. The van der Waals surface area contributed by atoms with Crippen LogP contribution in [-0.4, -0.2) is 6.88 Å². The fourth-order valence-corrected chi connectivity index (χ4v) is 5.64. The summed E-state index contributed by atoms with van der Waals surface area (Å²) in [7, 11) is 0. The Kier molecular flexibility index (Phi) is 22.1. The van der Waals surface area contributed by atoms with E-state index >= 15 is 0 Å². The quantitative estimate of drug-likeness (QED) is 0.121. The van der Waals surface area contributed by atoms with Crippen molar-refractivity contribution >= 4 is 53.2 Å². The van der Waals surface area contributed by atoms with Gasteiger partial charge in [-0.25, -0.2) is 0 Å². The van der Waals surface area contributed by atoms with Crippen LogP contribution in [0.1, 0.15) is 68.0 Å². The predicted molar refractivity (Wildman–Crippen MR) is 215 cm³/mol. The SMILES string of the molecule is CCc1ccc(-c2ccc(C)c3[cH-]c(C)cc23)cc1.CCc1ccc(-c2ccc(C)c3[cH-]c(CC)cc23)cc1.Cl.Cl.[CH2-]C.[CH2-]C.[Si]=[Zr]. The molecule has 0 aromatic heterocycles. The van der Waals surface area contributed by atoms with Gasteiger partial charge in [0, 0.05) is 0 Å². The molecule has 0 spiro atoms. The molecule has 47 heavy (non-hydrogen) atoms. The molecule has 250 valence electrons. The van der Waals surface area contributed by atoms with Gasteiger partial charge in [0.1, 0.15) is 0 Å². The number of rotatable bonds is 5. The summed E-state index contributed by atoms with van der Waals surface area (Å²) in [5.41, 5.74) is 13.6. The molecule has 4 heteroatoms. The molecule has 0 saturated heterocycles. The van der Waals surface area contributed by atoms with Crippen LogP contribution in [0.2, 0.25) is 0 Å². The van der Waals surface area contributed by atoms with Gasteiger partial charge in [-0.3, -0.25) is 0 Å². The van der Waals surface area contributed by atoms with Crippen LogP contribution in [0.3, 0.4) is 0 Å². The van der Waals surface area contributed by atoms with Gasteiger partial charge in [0.25, 0.3) is 0 Å². The summed E-state index contributed by atoms with van der Waals surface area (Å²) in [5, 5.41) is 5.56. The Balaban J connectivity index is 0.000000750. The zero-order chi connectivity index (χ0) is 33.5. The van der Waals surface area contributed by atoms with Crippen molar-refractivity contribution in [3.05, 3.63) is 144 Å². The van der Waals surface area contributed by atoms with E-state index in [2.05, 4.69) is 159 Å². The van der Waals surface area contributed by atoms with Gasteiger partial charge in [-0.1, -0.05) is 113 Å². The Morgan fingerprint density at radius 3 is 1.30 bits per heavy atom. The van der Waals surface area contributed by atoms with Crippen molar-refractivity contribution in [2.75, 3.05) is 0 Å². The molecule has 2 radical (unpaired) electrons. The van der Waals surface area contributed by atoms with Crippen molar-refractivity contribution < 1.29 is 23.3 Å². The molecule has 0 N–H and O–H groups in total. The third-order valence-electron chi connectivity index (χ3n) is 8.17. The van der Waals surface area contributed by atoms with Crippen LogP contribution in [0, 0.1) is 34.6 Å². The van der Waals surface area contributed by atoms with Gasteiger partial charge < -0.3 is 13.8 Å². The second-order valence-electron chi connectivity index (χ2n) is 10.9. The van der Waals surface area contributed by atoms with Crippen LogP contribution in [0.15, 0.2) is 97.1 Å². The molecule has 0 nitrogen and oxygen atoms in total. The molecule has 6 rings (SSSR count). The topological polar surface area (TPSA) is 0 Å². The van der Waals surface area contributed by atoms with Crippen molar-refractivity contribution in [3.8, 4) is 22.3 Å². The molecule has 0 atom stereocenters. The number of aryl methyl sites for hydroxylation is 6. The Morgan fingerprint density at radius 1 is 0.532 bits per heavy atom. The number of hydrogen-bond acceptors (Lipinski definition) is 0. The monoisotopic (exact) mass is 756 g/mol. The van der Waals surface area contributed by atoms with Crippen LogP contribution in [0.4, 0.5) is 0 Å². The number of fused-ring (bicyclic) bond motifs is 2. The van der Waals surface area contributed by atoms with Crippen LogP contribution in [-0.2, 0) is 42.6 Å². The average Bonchev–Trinajstić information content (AvgIpc) is 3.73. The summed E-state index contributed by atoms with van der Waals surface area (Å²) in [4.78, 5) is 0. The van der Waals surface area contributed by atoms with E-state index in [1.165, 1.54) is 101 Å². The Morgan fingerprint density at radius 2 is 0.915 bits per heavy atom. The first-order valence-corrected chi connectivity index (χ1v) is 20.3. The van der Waals surface area contributed by atoms with Crippen LogP contribution in [0.5, 0.6) is 0 Å². The van der Waals surface area contributed by atoms with Crippen molar-refractivity contribution in [2.45, 2.75) is 74.7 Å². The van der Waals surface area contributed by atoms with Crippen molar-refractivity contribution in [2.24, 2.45) is 0 Å². The molecule has 0 bridgehead atoms. The molecule has 0 unspecified atom stereocenters. The van der Waals surface area contributed by atoms with E-state index in [1.807, 2.05) is 0 Å². The second kappa shape index (κ2) is 23.2. The van der Waals surface area contributed by atoms with E-state index in [1.54, 1.807) is 13.8 Å². The maximum atomic E-state index is 3.25. The Labute approximate surface area is 315 Å². The summed E-state index contributed by atoms with van der Waals surface area (Å²) < 4.78 is 0. The second-order valence-corrected chi connectivity index (χ2v) is 10.9. The van der Waals surface area contributed by atoms with Gasteiger partial charge >= 0.3 is 30.2 Å². The molecule has 0 saturated carbocycles. The molecule has 0 aliphatic rings. The first kappa shape index (κ1) is 44.8. The standard InChI is InChI=1S/C20H21.C19H19.2C2H5.2ClH.Si.Zr/c1-4-15-7-9-17(10-8-15)18-11-6-14(3)19-12-16(5-2)13-20(18)19;1-4-15-6-8-16(9-7-15)17-10-5-14(3)18-11-13(2)12-19(17)18;2*1-2;;;;/h6-13H,4-5H2,1-3H3;5-12H,4H2,1-3H3;2*1H2,2H3;2*1H;;/q4*-1;;;;. The van der Waals surface area contributed by atoms with Gasteiger partial charge in [0.15, 0.2) is 0 Å². The summed E-state index contributed by atoms with van der Waals surface area (Å²) in [6.07, 6.45) is 3.29. The maximum absolute atomic E-state index is 3.25. The first-order valence-electron chi connectivity index (χ1n) is 16.1. The van der Waals surface area contributed by atoms with Crippen molar-refractivity contribution in [1.29, 1.82) is 0 Å².